The van der Waals surface area contributed by atoms with Crippen LogP contribution < -0.4 is 5.30 Å². The lowest BCUT2D eigenvalue weighted by Gasteiger charge is -2.01. The van der Waals surface area contributed by atoms with Crippen molar-refractivity contribution < 1.29 is 17.9 Å². The van der Waals surface area contributed by atoms with E-state index in [0.29, 0.717) is 6.07 Å². The SMILES string of the molecule is C=CO[PH](=O)c1ccc(F)cc1F. The van der Waals surface area contributed by atoms with Crippen LogP contribution in [0.2, 0.25) is 0 Å². The minimum Gasteiger partial charge on any atom is -0.450 e. The van der Waals surface area contributed by atoms with Crippen LogP contribution in [0.1, 0.15) is 0 Å². The first-order chi connectivity index (χ1) is 6.15. The fraction of sp³-hybridized carbons (Fsp3) is 0. The highest BCUT2D eigenvalue weighted by Crippen LogP contribution is 2.23. The molecule has 1 rings (SSSR count). The van der Waals surface area contributed by atoms with E-state index in [-0.39, 0.29) is 5.30 Å². The number of hydrogen-bond acceptors (Lipinski definition) is 2. The molecular formula is C8H7F2O2P. The lowest BCUT2D eigenvalue weighted by molar-refractivity contribution is 0.471. The Hall–Kier alpha value is -1.15. The van der Waals surface area contributed by atoms with E-state index in [4.69, 9.17) is 0 Å². The highest BCUT2D eigenvalue weighted by Gasteiger charge is 2.10. The normalized spacial score (nSPS) is 12.2. The van der Waals surface area contributed by atoms with Gasteiger partial charge in [0, 0.05) is 6.07 Å². The highest BCUT2D eigenvalue weighted by molar-refractivity contribution is 7.48. The van der Waals surface area contributed by atoms with Crippen LogP contribution in [0.5, 0.6) is 0 Å². The third-order valence-corrected chi connectivity index (χ3v) is 2.57. The van der Waals surface area contributed by atoms with Gasteiger partial charge in [-0.1, -0.05) is 6.58 Å². The Morgan fingerprint density at radius 1 is 1.46 bits per heavy atom. The summed E-state index contributed by atoms with van der Waals surface area (Å²) in [5.41, 5.74) is 0. The molecule has 0 spiro atoms. The second kappa shape index (κ2) is 4.19. The lowest BCUT2D eigenvalue weighted by atomic mass is 10.3. The summed E-state index contributed by atoms with van der Waals surface area (Å²) in [4.78, 5) is 0. The number of benzene rings is 1. The molecule has 0 heterocycles. The molecule has 1 atom stereocenters. The summed E-state index contributed by atoms with van der Waals surface area (Å²) in [6.45, 7) is 3.18. The first kappa shape index (κ1) is 9.93. The van der Waals surface area contributed by atoms with Crippen molar-refractivity contribution in [3.63, 3.8) is 0 Å². The van der Waals surface area contributed by atoms with Gasteiger partial charge in [-0.2, -0.15) is 0 Å². The largest absolute Gasteiger partial charge is 0.450 e. The van der Waals surface area contributed by atoms with Gasteiger partial charge >= 0.3 is 0 Å². The molecule has 0 radical (unpaired) electrons. The van der Waals surface area contributed by atoms with E-state index in [9.17, 15) is 13.3 Å². The highest BCUT2D eigenvalue weighted by atomic mass is 31.1. The summed E-state index contributed by atoms with van der Waals surface area (Å²) in [6.07, 6.45) is 0.962. The van der Waals surface area contributed by atoms with Gasteiger partial charge in [0.1, 0.15) is 11.6 Å². The maximum absolute atomic E-state index is 12.9. The van der Waals surface area contributed by atoms with Crippen molar-refractivity contribution in [1.29, 1.82) is 0 Å². The van der Waals surface area contributed by atoms with E-state index in [0.717, 1.165) is 18.4 Å². The summed E-state index contributed by atoms with van der Waals surface area (Å²) >= 11 is 0. The van der Waals surface area contributed by atoms with Gasteiger partial charge in [0.05, 0.1) is 11.6 Å². The summed E-state index contributed by atoms with van der Waals surface area (Å²) < 4.78 is 40.9. The molecule has 0 aliphatic carbocycles. The molecule has 0 aromatic heterocycles. The van der Waals surface area contributed by atoms with Crippen LogP contribution in [0.25, 0.3) is 0 Å². The Morgan fingerprint density at radius 3 is 2.69 bits per heavy atom. The van der Waals surface area contributed by atoms with E-state index < -0.39 is 19.7 Å². The lowest BCUT2D eigenvalue weighted by Crippen LogP contribution is -2.03. The quantitative estimate of drug-likeness (QED) is 0.557. The zero-order valence-electron chi connectivity index (χ0n) is 6.59. The Morgan fingerprint density at radius 2 is 2.15 bits per heavy atom. The van der Waals surface area contributed by atoms with E-state index in [1.807, 2.05) is 0 Å². The first-order valence-electron chi connectivity index (χ1n) is 3.42. The zero-order valence-corrected chi connectivity index (χ0v) is 7.59. The van der Waals surface area contributed by atoms with Crippen molar-refractivity contribution in [2.24, 2.45) is 0 Å². The topological polar surface area (TPSA) is 26.3 Å². The van der Waals surface area contributed by atoms with Crippen LogP contribution in [-0.2, 0) is 9.09 Å². The van der Waals surface area contributed by atoms with Crippen LogP contribution in [0.3, 0.4) is 0 Å². The summed E-state index contributed by atoms with van der Waals surface area (Å²) in [7, 11) is -2.67. The van der Waals surface area contributed by atoms with Gasteiger partial charge in [0.25, 0.3) is 8.03 Å². The third kappa shape index (κ3) is 2.39. The molecule has 1 unspecified atom stereocenters. The molecule has 0 bridgehead atoms. The Labute approximate surface area is 74.7 Å². The van der Waals surface area contributed by atoms with Gasteiger partial charge in [-0.15, -0.1) is 0 Å². The van der Waals surface area contributed by atoms with Gasteiger partial charge in [0.2, 0.25) is 0 Å². The molecule has 0 aliphatic heterocycles. The van der Waals surface area contributed by atoms with Crippen molar-refractivity contribution in [3.05, 3.63) is 42.7 Å². The minimum atomic E-state index is -2.67. The van der Waals surface area contributed by atoms with Crippen LogP contribution in [0.4, 0.5) is 8.78 Å². The molecule has 0 saturated heterocycles. The average molecular weight is 204 g/mol. The number of halogens is 2. The van der Waals surface area contributed by atoms with Gasteiger partial charge in [-0.3, -0.25) is 4.57 Å². The maximum Gasteiger partial charge on any atom is 0.268 e. The Balaban J connectivity index is 3.01. The average Bonchev–Trinajstić information content (AvgIpc) is 2.04. The van der Waals surface area contributed by atoms with Crippen molar-refractivity contribution in [2.75, 3.05) is 0 Å². The van der Waals surface area contributed by atoms with Crippen molar-refractivity contribution >= 4 is 13.3 Å². The third-order valence-electron chi connectivity index (χ3n) is 1.34. The second-order valence-electron chi connectivity index (χ2n) is 2.20. The predicted molar refractivity (Wildman–Crippen MR) is 46.3 cm³/mol. The Kier molecular flexibility index (Phi) is 3.20. The Bertz CT molecular complexity index is 352. The molecule has 0 saturated carbocycles. The molecular weight excluding hydrogens is 197 g/mol. The maximum atomic E-state index is 12.9. The fourth-order valence-electron chi connectivity index (χ4n) is 0.794. The molecule has 0 aliphatic rings. The van der Waals surface area contributed by atoms with E-state index in [1.54, 1.807) is 0 Å². The van der Waals surface area contributed by atoms with E-state index in [2.05, 4.69) is 11.1 Å². The molecule has 0 amide bonds. The molecule has 13 heavy (non-hydrogen) atoms. The van der Waals surface area contributed by atoms with E-state index in [1.165, 1.54) is 0 Å². The molecule has 5 heteroatoms. The van der Waals surface area contributed by atoms with Gasteiger partial charge in [-0.05, 0) is 12.1 Å². The van der Waals surface area contributed by atoms with Crippen LogP contribution in [0.15, 0.2) is 31.0 Å². The van der Waals surface area contributed by atoms with Crippen molar-refractivity contribution in [3.8, 4) is 0 Å². The molecule has 0 N–H and O–H groups in total. The van der Waals surface area contributed by atoms with Gasteiger partial charge < -0.3 is 4.52 Å². The monoisotopic (exact) mass is 204 g/mol. The van der Waals surface area contributed by atoms with Crippen molar-refractivity contribution in [2.45, 2.75) is 0 Å². The zero-order chi connectivity index (χ0) is 9.84. The summed E-state index contributed by atoms with van der Waals surface area (Å²) in [6, 6.07) is 2.77. The smallest absolute Gasteiger partial charge is 0.268 e. The number of rotatable bonds is 3. The standard InChI is InChI=1S/C8H7F2O2P/c1-2-12-13(11)8-4-3-6(9)5-7(8)10/h2-5,13H,1H2. The predicted octanol–water partition coefficient (Wildman–Crippen LogP) is 2.22. The molecule has 70 valence electrons. The van der Waals surface area contributed by atoms with Gasteiger partial charge in [-0.25, -0.2) is 8.78 Å². The number of hydrogen-bond donors (Lipinski definition) is 0. The first-order valence-corrected chi connectivity index (χ1v) is 4.73. The molecule has 0 fully saturated rings. The van der Waals surface area contributed by atoms with Gasteiger partial charge in [0.15, 0.2) is 0 Å². The fourth-order valence-corrected chi connectivity index (χ4v) is 1.56. The van der Waals surface area contributed by atoms with Crippen molar-refractivity contribution in [1.82, 2.24) is 0 Å². The summed E-state index contributed by atoms with van der Waals surface area (Å²) in [5, 5.41) is -0.133. The minimum absolute atomic E-state index is 0.133. The molecule has 1 aromatic carbocycles. The summed E-state index contributed by atoms with van der Waals surface area (Å²) in [5.74, 6) is -1.58. The van der Waals surface area contributed by atoms with Crippen LogP contribution in [0, 0.1) is 11.6 Å². The van der Waals surface area contributed by atoms with Crippen LogP contribution >= 0.6 is 8.03 Å². The van der Waals surface area contributed by atoms with Crippen LogP contribution in [-0.4, -0.2) is 0 Å². The van der Waals surface area contributed by atoms with E-state index >= 15 is 0 Å². The molecule has 1 aromatic rings. The molecule has 2 nitrogen and oxygen atoms in total. The second-order valence-corrected chi connectivity index (χ2v) is 3.55.